The zero-order valence-electron chi connectivity index (χ0n) is 4.55. The highest BCUT2D eigenvalue weighted by molar-refractivity contribution is 6.12. The van der Waals surface area contributed by atoms with E-state index in [1.165, 1.54) is 0 Å². The Morgan fingerprint density at radius 1 is 2.00 bits per heavy atom. The lowest BCUT2D eigenvalue weighted by atomic mass is 9.83. The van der Waals surface area contributed by atoms with Gasteiger partial charge in [-0.3, -0.25) is 0 Å². The standard InChI is InChI=1S/C5H9BO/c1-2-4(6)5-3-7-5/h4-5H,2-3H2,1H3. The Hall–Kier alpha value is 0.0249. The fourth-order valence-electron chi connectivity index (χ4n) is 0.566. The van der Waals surface area contributed by atoms with Crippen LogP contribution in [0.2, 0.25) is 5.82 Å². The van der Waals surface area contributed by atoms with Crippen molar-refractivity contribution in [1.82, 2.24) is 0 Å². The van der Waals surface area contributed by atoms with Gasteiger partial charge in [0, 0.05) is 0 Å². The van der Waals surface area contributed by atoms with E-state index in [2.05, 4.69) is 6.92 Å². The van der Waals surface area contributed by atoms with E-state index < -0.39 is 0 Å². The second kappa shape index (κ2) is 1.87. The Labute approximate surface area is 45.5 Å². The van der Waals surface area contributed by atoms with Crippen molar-refractivity contribution in [1.29, 1.82) is 0 Å². The van der Waals surface area contributed by atoms with Crippen LogP contribution >= 0.6 is 0 Å². The Morgan fingerprint density at radius 2 is 2.57 bits per heavy atom. The molecule has 1 nitrogen and oxygen atoms in total. The monoisotopic (exact) mass is 96.1 g/mol. The smallest absolute Gasteiger partial charge is 0.0760 e. The van der Waals surface area contributed by atoms with Crippen LogP contribution in [0.3, 0.4) is 0 Å². The zero-order valence-corrected chi connectivity index (χ0v) is 4.55. The molecular weight excluding hydrogens is 86.9 g/mol. The molecule has 0 saturated carbocycles. The number of rotatable bonds is 2. The van der Waals surface area contributed by atoms with E-state index in [0.717, 1.165) is 13.0 Å². The van der Waals surface area contributed by atoms with E-state index in [-0.39, 0.29) is 0 Å². The third kappa shape index (κ3) is 1.20. The summed E-state index contributed by atoms with van der Waals surface area (Å²) >= 11 is 0. The molecule has 1 aliphatic heterocycles. The number of ether oxygens (including phenoxy) is 1. The van der Waals surface area contributed by atoms with Crippen LogP contribution in [0.4, 0.5) is 0 Å². The molecule has 0 N–H and O–H groups in total. The molecule has 2 atom stereocenters. The van der Waals surface area contributed by atoms with Gasteiger partial charge in [-0.05, 0) is 5.82 Å². The van der Waals surface area contributed by atoms with Gasteiger partial charge in [-0.1, -0.05) is 13.3 Å². The number of hydrogen-bond donors (Lipinski definition) is 0. The molecule has 7 heavy (non-hydrogen) atoms. The molecule has 1 aliphatic rings. The highest BCUT2D eigenvalue weighted by atomic mass is 16.6. The fourth-order valence-corrected chi connectivity index (χ4v) is 0.566. The summed E-state index contributed by atoms with van der Waals surface area (Å²) in [6.45, 7) is 2.96. The lowest BCUT2D eigenvalue weighted by Gasteiger charge is -1.99. The predicted octanol–water partition coefficient (Wildman–Crippen LogP) is 0.752. The maximum atomic E-state index is 5.55. The first-order valence-corrected chi connectivity index (χ1v) is 2.71. The minimum Gasteiger partial charge on any atom is -0.374 e. The highest BCUT2D eigenvalue weighted by Crippen LogP contribution is 2.24. The molecule has 0 bridgehead atoms. The van der Waals surface area contributed by atoms with Crippen molar-refractivity contribution >= 4 is 7.85 Å². The maximum Gasteiger partial charge on any atom is 0.0760 e. The molecular formula is C5H9BO. The quantitative estimate of drug-likeness (QED) is 0.365. The molecule has 0 aromatic rings. The van der Waals surface area contributed by atoms with Crippen molar-refractivity contribution < 1.29 is 4.74 Å². The molecule has 0 aromatic heterocycles. The molecule has 1 heterocycles. The van der Waals surface area contributed by atoms with Gasteiger partial charge in [0.25, 0.3) is 0 Å². The lowest BCUT2D eigenvalue weighted by Crippen LogP contribution is -1.97. The summed E-state index contributed by atoms with van der Waals surface area (Å²) in [5.41, 5.74) is 0. The molecule has 1 saturated heterocycles. The van der Waals surface area contributed by atoms with Gasteiger partial charge in [0.15, 0.2) is 0 Å². The number of hydrogen-bond acceptors (Lipinski definition) is 1. The Balaban J connectivity index is 2.10. The van der Waals surface area contributed by atoms with Crippen LogP contribution in [0.25, 0.3) is 0 Å². The number of epoxide rings is 1. The molecule has 2 unspecified atom stereocenters. The van der Waals surface area contributed by atoms with Crippen molar-refractivity contribution in [3.63, 3.8) is 0 Å². The van der Waals surface area contributed by atoms with Crippen LogP contribution < -0.4 is 0 Å². The highest BCUT2D eigenvalue weighted by Gasteiger charge is 2.26. The lowest BCUT2D eigenvalue weighted by molar-refractivity contribution is 0.395. The Kier molecular flexibility index (Phi) is 1.38. The van der Waals surface area contributed by atoms with Gasteiger partial charge in [0.05, 0.1) is 20.6 Å². The molecule has 1 fully saturated rings. The van der Waals surface area contributed by atoms with Gasteiger partial charge < -0.3 is 4.74 Å². The molecule has 0 aliphatic carbocycles. The van der Waals surface area contributed by atoms with Crippen molar-refractivity contribution in [2.45, 2.75) is 25.3 Å². The zero-order chi connectivity index (χ0) is 5.28. The predicted molar refractivity (Wildman–Crippen MR) is 29.5 cm³/mol. The molecule has 2 heteroatoms. The normalized spacial score (nSPS) is 32.4. The summed E-state index contributed by atoms with van der Waals surface area (Å²) in [6, 6.07) is 0. The second-order valence-electron chi connectivity index (χ2n) is 1.94. The first-order valence-electron chi connectivity index (χ1n) is 2.71. The van der Waals surface area contributed by atoms with Crippen LogP contribution in [-0.2, 0) is 4.74 Å². The van der Waals surface area contributed by atoms with Crippen molar-refractivity contribution in [2.24, 2.45) is 0 Å². The molecule has 38 valence electrons. The van der Waals surface area contributed by atoms with Gasteiger partial charge in [0.2, 0.25) is 0 Å². The molecule has 0 amide bonds. The summed E-state index contributed by atoms with van der Waals surface area (Å²) in [4.78, 5) is 0. The second-order valence-corrected chi connectivity index (χ2v) is 1.94. The average Bonchev–Trinajstić information content (AvgIpc) is 2.44. The van der Waals surface area contributed by atoms with Crippen molar-refractivity contribution in [3.05, 3.63) is 0 Å². The van der Waals surface area contributed by atoms with E-state index in [1.807, 2.05) is 0 Å². The summed E-state index contributed by atoms with van der Waals surface area (Å²) < 4.78 is 4.94. The van der Waals surface area contributed by atoms with Crippen LogP contribution in [0.1, 0.15) is 13.3 Å². The van der Waals surface area contributed by atoms with Crippen molar-refractivity contribution in [3.8, 4) is 0 Å². The minimum absolute atomic E-state index is 0.292. The fraction of sp³-hybridized carbons (Fsp3) is 1.00. The van der Waals surface area contributed by atoms with Crippen LogP contribution in [0.5, 0.6) is 0 Å². The van der Waals surface area contributed by atoms with Gasteiger partial charge in [-0.2, -0.15) is 0 Å². The Bertz CT molecular complexity index is 61.1. The first kappa shape index (κ1) is 5.17. The third-order valence-electron chi connectivity index (χ3n) is 1.31. The van der Waals surface area contributed by atoms with E-state index in [4.69, 9.17) is 12.6 Å². The van der Waals surface area contributed by atoms with Crippen molar-refractivity contribution in [2.75, 3.05) is 6.61 Å². The van der Waals surface area contributed by atoms with Crippen LogP contribution in [0.15, 0.2) is 0 Å². The van der Waals surface area contributed by atoms with Crippen LogP contribution in [0, 0.1) is 0 Å². The van der Waals surface area contributed by atoms with Crippen LogP contribution in [-0.4, -0.2) is 20.6 Å². The largest absolute Gasteiger partial charge is 0.374 e. The molecule has 0 aromatic carbocycles. The summed E-state index contributed by atoms with van der Waals surface area (Å²) in [6.07, 6.45) is 1.43. The van der Waals surface area contributed by atoms with E-state index >= 15 is 0 Å². The summed E-state index contributed by atoms with van der Waals surface area (Å²) in [7, 11) is 5.55. The minimum atomic E-state index is 0.292. The summed E-state index contributed by atoms with van der Waals surface area (Å²) in [5.74, 6) is 0.292. The SMILES string of the molecule is [B]C(CC)C1CO1. The first-order chi connectivity index (χ1) is 3.34. The van der Waals surface area contributed by atoms with E-state index in [0.29, 0.717) is 11.9 Å². The molecule has 1 rings (SSSR count). The summed E-state index contributed by atoms with van der Waals surface area (Å²) in [5, 5.41) is 0. The van der Waals surface area contributed by atoms with Gasteiger partial charge in [-0.25, -0.2) is 0 Å². The topological polar surface area (TPSA) is 12.5 Å². The van der Waals surface area contributed by atoms with Gasteiger partial charge >= 0.3 is 0 Å². The third-order valence-corrected chi connectivity index (χ3v) is 1.31. The van der Waals surface area contributed by atoms with E-state index in [1.54, 1.807) is 0 Å². The Morgan fingerprint density at radius 3 is 2.71 bits per heavy atom. The maximum absolute atomic E-state index is 5.55. The molecule has 2 radical (unpaired) electrons. The average molecular weight is 95.9 g/mol. The molecule has 0 spiro atoms. The van der Waals surface area contributed by atoms with Gasteiger partial charge in [0.1, 0.15) is 0 Å². The van der Waals surface area contributed by atoms with Gasteiger partial charge in [-0.15, -0.1) is 0 Å². The van der Waals surface area contributed by atoms with E-state index in [9.17, 15) is 0 Å².